The summed E-state index contributed by atoms with van der Waals surface area (Å²) >= 11 is 12.2. The lowest BCUT2D eigenvalue weighted by atomic mass is 10.4. The lowest BCUT2D eigenvalue weighted by molar-refractivity contribution is 0.388. The summed E-state index contributed by atoms with van der Waals surface area (Å²) < 4.78 is 4.89. The molecule has 0 saturated carbocycles. The number of pyridine rings is 1. The van der Waals surface area contributed by atoms with Crippen LogP contribution >= 0.6 is 23.2 Å². The van der Waals surface area contributed by atoms with Gasteiger partial charge in [-0.1, -0.05) is 35.3 Å². The van der Waals surface area contributed by atoms with Crippen molar-refractivity contribution in [2.75, 3.05) is 17.2 Å². The molecule has 20 heavy (non-hydrogen) atoms. The molecule has 2 rings (SSSR count). The van der Waals surface area contributed by atoms with Crippen LogP contribution in [0.1, 0.15) is 25.1 Å². The summed E-state index contributed by atoms with van der Waals surface area (Å²) in [4.78, 5) is 8.45. The maximum Gasteiger partial charge on any atom is 0.223 e. The molecule has 8 heteroatoms. The monoisotopic (exact) mass is 315 g/mol. The number of halogens is 2. The van der Waals surface area contributed by atoms with Crippen molar-refractivity contribution in [2.24, 2.45) is 0 Å². The molecule has 6 nitrogen and oxygen atoms in total. The zero-order valence-corrected chi connectivity index (χ0v) is 12.7. The second-order valence-electron chi connectivity index (χ2n) is 4.16. The zero-order chi connectivity index (χ0) is 14.5. The molecule has 0 unspecified atom stereocenters. The van der Waals surface area contributed by atoms with Gasteiger partial charge in [-0.15, -0.1) is 0 Å². The Bertz CT molecular complexity index is 587. The van der Waals surface area contributed by atoms with E-state index in [0.29, 0.717) is 39.9 Å². The third-order valence-corrected chi connectivity index (χ3v) is 3.03. The molecule has 108 valence electrons. The lowest BCUT2D eigenvalue weighted by Crippen LogP contribution is -2.07. The maximum absolute atomic E-state index is 6.11. The van der Waals surface area contributed by atoms with Crippen LogP contribution in [-0.2, 0) is 6.54 Å². The molecule has 0 fully saturated rings. The van der Waals surface area contributed by atoms with Crippen LogP contribution in [-0.4, -0.2) is 21.7 Å². The fourth-order valence-electron chi connectivity index (χ4n) is 1.53. The molecule has 0 aliphatic rings. The van der Waals surface area contributed by atoms with Crippen molar-refractivity contribution in [1.82, 2.24) is 15.1 Å². The van der Waals surface area contributed by atoms with Crippen molar-refractivity contribution in [2.45, 2.75) is 26.8 Å². The minimum atomic E-state index is 0.374. The highest BCUT2D eigenvalue weighted by Crippen LogP contribution is 2.29. The van der Waals surface area contributed by atoms with Crippen molar-refractivity contribution in [3.8, 4) is 0 Å². The molecule has 0 bridgehead atoms. The van der Waals surface area contributed by atoms with E-state index in [2.05, 4.69) is 32.7 Å². The molecule has 0 spiro atoms. The van der Waals surface area contributed by atoms with Gasteiger partial charge in [0.05, 0.1) is 16.6 Å². The standard InChI is InChI=1S/C12H15Cl2N5O/c1-3-4-15-11-8(13)5-9(14)12(18-11)16-6-10-17-7(2)20-19-10/h5H,3-4,6H2,1-2H3,(H2,15,16,18). The number of hydrogen-bond donors (Lipinski definition) is 2. The first-order valence-electron chi connectivity index (χ1n) is 6.23. The predicted molar refractivity (Wildman–Crippen MR) is 79.4 cm³/mol. The van der Waals surface area contributed by atoms with E-state index in [1.165, 1.54) is 0 Å². The highest BCUT2D eigenvalue weighted by atomic mass is 35.5. The minimum absolute atomic E-state index is 0.374. The van der Waals surface area contributed by atoms with Crippen LogP contribution in [0.25, 0.3) is 0 Å². The van der Waals surface area contributed by atoms with Gasteiger partial charge in [0.2, 0.25) is 5.89 Å². The van der Waals surface area contributed by atoms with Crippen molar-refractivity contribution < 1.29 is 4.52 Å². The summed E-state index contributed by atoms with van der Waals surface area (Å²) in [7, 11) is 0. The molecule has 0 aromatic carbocycles. The molecular weight excluding hydrogens is 301 g/mol. The van der Waals surface area contributed by atoms with E-state index < -0.39 is 0 Å². The second-order valence-corrected chi connectivity index (χ2v) is 4.97. The second kappa shape index (κ2) is 6.76. The average Bonchev–Trinajstić information content (AvgIpc) is 2.82. The van der Waals surface area contributed by atoms with Gasteiger partial charge in [-0.25, -0.2) is 4.98 Å². The maximum atomic E-state index is 6.11. The first-order chi connectivity index (χ1) is 9.60. The van der Waals surface area contributed by atoms with E-state index in [1.807, 2.05) is 0 Å². The summed E-state index contributed by atoms with van der Waals surface area (Å²) in [5.41, 5.74) is 0. The molecule has 0 atom stereocenters. The highest BCUT2D eigenvalue weighted by molar-refractivity contribution is 6.37. The third kappa shape index (κ3) is 3.74. The summed E-state index contributed by atoms with van der Waals surface area (Å²) in [5, 5.41) is 10.9. The number of rotatable bonds is 6. The molecule has 0 radical (unpaired) electrons. The SMILES string of the molecule is CCCNc1nc(NCc2noc(C)n2)c(Cl)cc1Cl. The fraction of sp³-hybridized carbons (Fsp3) is 0.417. The molecule has 2 aromatic rings. The average molecular weight is 316 g/mol. The van der Waals surface area contributed by atoms with Crippen LogP contribution < -0.4 is 10.6 Å². The van der Waals surface area contributed by atoms with E-state index in [0.717, 1.165) is 13.0 Å². The summed E-state index contributed by atoms with van der Waals surface area (Å²) in [6, 6.07) is 1.65. The number of nitrogens with zero attached hydrogens (tertiary/aromatic N) is 3. The van der Waals surface area contributed by atoms with Gasteiger partial charge in [-0.2, -0.15) is 4.98 Å². The normalized spacial score (nSPS) is 10.6. The van der Waals surface area contributed by atoms with Crippen molar-refractivity contribution in [3.05, 3.63) is 27.8 Å². The third-order valence-electron chi connectivity index (χ3n) is 2.46. The Morgan fingerprint density at radius 1 is 1.15 bits per heavy atom. The topological polar surface area (TPSA) is 75.9 Å². The van der Waals surface area contributed by atoms with Gasteiger partial charge in [0, 0.05) is 13.5 Å². The van der Waals surface area contributed by atoms with E-state index in [1.54, 1.807) is 13.0 Å². The van der Waals surface area contributed by atoms with Crippen LogP contribution in [0.4, 0.5) is 11.6 Å². The Labute approximate surface area is 126 Å². The first kappa shape index (κ1) is 14.9. The molecule has 2 N–H and O–H groups in total. The first-order valence-corrected chi connectivity index (χ1v) is 6.98. The van der Waals surface area contributed by atoms with Gasteiger partial charge in [-0.3, -0.25) is 0 Å². The van der Waals surface area contributed by atoms with Crippen LogP contribution in [0.5, 0.6) is 0 Å². The Hall–Kier alpha value is -1.53. The Morgan fingerprint density at radius 3 is 2.45 bits per heavy atom. The molecular formula is C12H15Cl2N5O. The molecule has 0 aliphatic heterocycles. The summed E-state index contributed by atoms with van der Waals surface area (Å²) in [6.45, 7) is 4.96. The van der Waals surface area contributed by atoms with Crippen LogP contribution in [0, 0.1) is 6.92 Å². The van der Waals surface area contributed by atoms with Gasteiger partial charge >= 0.3 is 0 Å². The summed E-state index contributed by atoms with van der Waals surface area (Å²) in [6.07, 6.45) is 0.978. The highest BCUT2D eigenvalue weighted by Gasteiger charge is 2.10. The smallest absolute Gasteiger partial charge is 0.223 e. The summed E-state index contributed by atoms with van der Waals surface area (Å²) in [5.74, 6) is 2.18. The number of anilines is 2. The Balaban J connectivity index is 2.09. The van der Waals surface area contributed by atoms with Crippen LogP contribution in [0.15, 0.2) is 10.6 Å². The van der Waals surface area contributed by atoms with Crippen LogP contribution in [0.3, 0.4) is 0 Å². The lowest BCUT2D eigenvalue weighted by Gasteiger charge is -2.11. The number of aryl methyl sites for hydroxylation is 1. The number of hydrogen-bond acceptors (Lipinski definition) is 6. The largest absolute Gasteiger partial charge is 0.369 e. The van der Waals surface area contributed by atoms with Gasteiger partial charge in [-0.05, 0) is 12.5 Å². The van der Waals surface area contributed by atoms with Crippen molar-refractivity contribution >= 4 is 34.8 Å². The number of aromatic nitrogens is 3. The fourth-order valence-corrected chi connectivity index (χ4v) is 2.03. The molecule has 0 aliphatic carbocycles. The molecule has 0 saturated heterocycles. The Morgan fingerprint density at radius 2 is 1.85 bits per heavy atom. The van der Waals surface area contributed by atoms with Gasteiger partial charge in [0.1, 0.15) is 11.6 Å². The molecule has 0 amide bonds. The van der Waals surface area contributed by atoms with Crippen molar-refractivity contribution in [1.29, 1.82) is 0 Å². The minimum Gasteiger partial charge on any atom is -0.369 e. The van der Waals surface area contributed by atoms with E-state index in [4.69, 9.17) is 27.7 Å². The number of nitrogens with one attached hydrogen (secondary N) is 2. The van der Waals surface area contributed by atoms with E-state index in [-0.39, 0.29) is 0 Å². The van der Waals surface area contributed by atoms with Gasteiger partial charge in [0.25, 0.3) is 0 Å². The van der Waals surface area contributed by atoms with E-state index >= 15 is 0 Å². The predicted octanol–water partition coefficient (Wildman–Crippen LogP) is 3.51. The van der Waals surface area contributed by atoms with E-state index in [9.17, 15) is 0 Å². The van der Waals surface area contributed by atoms with Gasteiger partial charge < -0.3 is 15.2 Å². The van der Waals surface area contributed by atoms with Crippen molar-refractivity contribution in [3.63, 3.8) is 0 Å². The zero-order valence-electron chi connectivity index (χ0n) is 11.2. The quantitative estimate of drug-likeness (QED) is 0.849. The van der Waals surface area contributed by atoms with Gasteiger partial charge in [0.15, 0.2) is 5.82 Å². The van der Waals surface area contributed by atoms with Crippen LogP contribution in [0.2, 0.25) is 10.0 Å². The Kier molecular flexibility index (Phi) is 5.03. The molecule has 2 heterocycles. The molecule has 2 aromatic heterocycles.